The van der Waals surface area contributed by atoms with Gasteiger partial charge in [-0.3, -0.25) is 14.4 Å². The number of hydrogen-bond donors (Lipinski definition) is 3. The molecule has 2 aromatic rings. The third kappa shape index (κ3) is 9.81. The first-order valence-corrected chi connectivity index (χ1v) is 14.3. The van der Waals surface area contributed by atoms with Crippen LogP contribution in [0.2, 0.25) is 0 Å². The largest absolute Gasteiger partial charge is 0.483 e. The van der Waals surface area contributed by atoms with Crippen molar-refractivity contribution >= 4 is 24.9 Å². The maximum atomic E-state index is 12.9. The molecule has 3 aliphatic heterocycles. The number of carbonyl (C=O) groups is 3. The fourth-order valence-corrected chi connectivity index (χ4v) is 5.91. The van der Waals surface area contributed by atoms with E-state index in [0.717, 1.165) is 57.0 Å². The third-order valence-electron chi connectivity index (χ3n) is 8.00. The minimum absolute atomic E-state index is 0.0393. The van der Waals surface area contributed by atoms with E-state index in [-0.39, 0.29) is 24.8 Å². The highest BCUT2D eigenvalue weighted by Crippen LogP contribution is 2.26. The Bertz CT molecular complexity index is 1150. The summed E-state index contributed by atoms with van der Waals surface area (Å²) in [5.41, 5.74) is 1.41. The summed E-state index contributed by atoms with van der Waals surface area (Å²) in [5, 5.41) is 30.1. The van der Waals surface area contributed by atoms with E-state index in [9.17, 15) is 4.79 Å². The maximum absolute atomic E-state index is 12.9. The lowest BCUT2D eigenvalue weighted by Crippen LogP contribution is -2.42. The summed E-state index contributed by atoms with van der Waals surface area (Å²) in [6.45, 7) is 7.66. The molecule has 3 aliphatic rings. The van der Waals surface area contributed by atoms with Crippen LogP contribution in [0.5, 0.6) is 0 Å². The Kier molecular flexibility index (Phi) is 13.2. The summed E-state index contributed by atoms with van der Waals surface area (Å²) in [6, 6.07) is 9.73. The van der Waals surface area contributed by atoms with Gasteiger partial charge in [-0.1, -0.05) is 5.16 Å². The first kappa shape index (κ1) is 32.5. The van der Waals surface area contributed by atoms with E-state index in [1.807, 2.05) is 12.1 Å². The average molecular weight is 584 g/mol. The van der Waals surface area contributed by atoms with Gasteiger partial charge in [-0.15, -0.1) is 0 Å². The molecule has 13 nitrogen and oxygen atoms in total. The van der Waals surface area contributed by atoms with Crippen LogP contribution in [0.4, 0.5) is 6.01 Å². The lowest BCUT2D eigenvalue weighted by atomic mass is 9.96. The highest BCUT2D eigenvalue weighted by molar-refractivity contribution is 5.79. The van der Waals surface area contributed by atoms with Gasteiger partial charge in [0.1, 0.15) is 0 Å². The second-order valence-electron chi connectivity index (χ2n) is 11.0. The van der Waals surface area contributed by atoms with E-state index in [1.54, 1.807) is 12.1 Å². The molecule has 13 heteroatoms. The number of piperidine rings is 2. The fraction of sp³-hybridized carbons (Fsp3) is 0.586. The standard InChI is InChI=1S/C27H37N7O2.2CH2O2/c1-32-11-2-3-22(17-32)19-33-12-8-21(18-33)16-29-26(35)24-9-13-34(14-10-24)27-30-25(31-36-27)23-6-4-20(15-28)5-7-23;2*2-1-3/h4-7,21-22,24H,2-3,8-14,16-19H2,1H3,(H,29,35);2*1H,(H,2,3)/t21?,22-;;/m0../s1. The van der Waals surface area contributed by atoms with Gasteiger partial charge in [0.05, 0.1) is 11.6 Å². The van der Waals surface area contributed by atoms with E-state index in [2.05, 4.69) is 43.3 Å². The summed E-state index contributed by atoms with van der Waals surface area (Å²) < 4.78 is 5.49. The van der Waals surface area contributed by atoms with Crippen LogP contribution >= 0.6 is 0 Å². The smallest absolute Gasteiger partial charge is 0.324 e. The van der Waals surface area contributed by atoms with E-state index in [0.29, 0.717) is 23.3 Å². The van der Waals surface area contributed by atoms with Crippen molar-refractivity contribution in [3.8, 4) is 17.5 Å². The second kappa shape index (κ2) is 17.1. The number of carbonyl (C=O) groups excluding carboxylic acids is 1. The molecule has 1 aromatic heterocycles. The van der Waals surface area contributed by atoms with Crippen LogP contribution < -0.4 is 10.2 Å². The van der Waals surface area contributed by atoms with Gasteiger partial charge in [0, 0.05) is 50.7 Å². The van der Waals surface area contributed by atoms with Crippen LogP contribution in [0.15, 0.2) is 28.8 Å². The van der Waals surface area contributed by atoms with Crippen molar-refractivity contribution < 1.29 is 29.1 Å². The van der Waals surface area contributed by atoms with Crippen LogP contribution in [0.25, 0.3) is 11.4 Å². The predicted molar refractivity (Wildman–Crippen MR) is 155 cm³/mol. The molecular formula is C29H41N7O6. The van der Waals surface area contributed by atoms with Crippen LogP contribution in [0.1, 0.15) is 37.7 Å². The molecule has 3 N–H and O–H groups in total. The lowest BCUT2D eigenvalue weighted by molar-refractivity contribution is -0.126. The summed E-state index contributed by atoms with van der Waals surface area (Å²) in [6.07, 6.45) is 5.41. The van der Waals surface area contributed by atoms with Gasteiger partial charge in [0.25, 0.3) is 12.9 Å². The summed E-state index contributed by atoms with van der Waals surface area (Å²) in [5.74, 6) is 2.09. The van der Waals surface area contributed by atoms with Gasteiger partial charge in [-0.2, -0.15) is 10.2 Å². The Balaban J connectivity index is 0.000000745. The second-order valence-corrected chi connectivity index (χ2v) is 11.0. The summed E-state index contributed by atoms with van der Waals surface area (Å²) in [4.78, 5) is 41.2. The molecule has 0 saturated carbocycles. The van der Waals surface area contributed by atoms with Crippen molar-refractivity contribution in [2.24, 2.45) is 17.8 Å². The number of nitrogens with one attached hydrogen (secondary N) is 1. The van der Waals surface area contributed by atoms with Gasteiger partial charge in [-0.25, -0.2) is 0 Å². The molecule has 2 atom stereocenters. The number of carboxylic acid groups (broad SMARTS) is 2. The molecule has 1 amide bonds. The molecule has 3 fully saturated rings. The Hall–Kier alpha value is -4.02. The molecule has 42 heavy (non-hydrogen) atoms. The quantitative estimate of drug-likeness (QED) is 0.405. The van der Waals surface area contributed by atoms with Crippen molar-refractivity contribution in [1.82, 2.24) is 25.3 Å². The zero-order valence-electron chi connectivity index (χ0n) is 24.1. The van der Waals surface area contributed by atoms with Crippen molar-refractivity contribution in [1.29, 1.82) is 5.26 Å². The highest BCUT2D eigenvalue weighted by atomic mass is 16.5. The minimum Gasteiger partial charge on any atom is -0.483 e. The van der Waals surface area contributed by atoms with Crippen molar-refractivity contribution in [3.63, 3.8) is 0 Å². The van der Waals surface area contributed by atoms with Gasteiger partial charge in [0.15, 0.2) is 0 Å². The number of nitrogens with zero attached hydrogens (tertiary/aromatic N) is 6. The molecule has 228 valence electrons. The Morgan fingerprint density at radius 2 is 1.74 bits per heavy atom. The SMILES string of the molecule is CN1CCC[C@H](CN2CCC(CNC(=O)C3CCN(c4nc(-c5ccc(C#N)cc5)no4)CC3)C2)C1.O=CO.O=CO. The number of hydrogen-bond acceptors (Lipinski definition) is 10. The Morgan fingerprint density at radius 1 is 1.05 bits per heavy atom. The maximum Gasteiger partial charge on any atom is 0.324 e. The van der Waals surface area contributed by atoms with Crippen LogP contribution in [0, 0.1) is 29.1 Å². The molecule has 0 aliphatic carbocycles. The first-order chi connectivity index (χ1) is 20.4. The summed E-state index contributed by atoms with van der Waals surface area (Å²) in [7, 11) is 2.23. The lowest BCUT2D eigenvalue weighted by Gasteiger charge is -2.32. The van der Waals surface area contributed by atoms with E-state index >= 15 is 0 Å². The minimum atomic E-state index is -0.250. The predicted octanol–water partition coefficient (Wildman–Crippen LogP) is 2.01. The average Bonchev–Trinajstić information content (AvgIpc) is 3.67. The van der Waals surface area contributed by atoms with E-state index < -0.39 is 0 Å². The highest BCUT2D eigenvalue weighted by Gasteiger charge is 2.30. The Morgan fingerprint density at radius 3 is 2.38 bits per heavy atom. The number of rotatable bonds is 7. The number of anilines is 1. The molecule has 4 heterocycles. The van der Waals surface area contributed by atoms with Crippen molar-refractivity contribution in [2.45, 2.75) is 32.1 Å². The van der Waals surface area contributed by atoms with E-state index in [1.165, 1.54) is 38.9 Å². The first-order valence-electron chi connectivity index (χ1n) is 14.3. The number of amides is 1. The zero-order chi connectivity index (χ0) is 30.3. The van der Waals surface area contributed by atoms with Crippen LogP contribution in [0.3, 0.4) is 0 Å². The number of aromatic nitrogens is 2. The molecule has 5 rings (SSSR count). The number of nitriles is 1. The van der Waals surface area contributed by atoms with E-state index in [4.69, 9.17) is 29.6 Å². The molecule has 3 saturated heterocycles. The molecule has 1 unspecified atom stereocenters. The van der Waals surface area contributed by atoms with Crippen LogP contribution in [-0.2, 0) is 14.4 Å². The molecular weight excluding hydrogens is 542 g/mol. The topological polar surface area (TPSA) is 176 Å². The number of likely N-dealkylation sites (tertiary alicyclic amines) is 2. The van der Waals surface area contributed by atoms with Gasteiger partial charge < -0.3 is 34.8 Å². The normalized spacial score (nSPS) is 21.2. The zero-order valence-corrected chi connectivity index (χ0v) is 24.1. The molecule has 0 radical (unpaired) electrons. The third-order valence-corrected chi connectivity index (χ3v) is 8.00. The fourth-order valence-electron chi connectivity index (χ4n) is 5.91. The molecule has 1 aromatic carbocycles. The van der Waals surface area contributed by atoms with Gasteiger partial charge in [-0.05, 0) is 88.3 Å². The van der Waals surface area contributed by atoms with Crippen molar-refractivity contribution in [3.05, 3.63) is 29.8 Å². The van der Waals surface area contributed by atoms with Gasteiger partial charge >= 0.3 is 6.01 Å². The van der Waals surface area contributed by atoms with Gasteiger partial charge in [0.2, 0.25) is 11.7 Å². The molecule has 0 spiro atoms. The van der Waals surface area contributed by atoms with Crippen molar-refractivity contribution in [2.75, 3.05) is 64.3 Å². The summed E-state index contributed by atoms with van der Waals surface area (Å²) >= 11 is 0. The van der Waals surface area contributed by atoms with Crippen LogP contribution in [-0.4, -0.2) is 108 Å². The monoisotopic (exact) mass is 583 g/mol. The molecule has 0 bridgehead atoms. The number of benzene rings is 1. The Labute approximate surface area is 246 Å².